The highest BCUT2D eigenvalue weighted by Gasteiger charge is 2.13. The zero-order valence-corrected chi connectivity index (χ0v) is 16.0. The first-order valence-corrected chi connectivity index (χ1v) is 9.03. The molecule has 0 aliphatic carbocycles. The van der Waals surface area contributed by atoms with E-state index in [1.807, 2.05) is 43.3 Å². The molecule has 1 aliphatic heterocycles. The van der Waals surface area contributed by atoms with Crippen molar-refractivity contribution in [2.45, 2.75) is 19.8 Å². The molecule has 0 radical (unpaired) electrons. The first-order valence-electron chi connectivity index (χ1n) is 9.03. The van der Waals surface area contributed by atoms with Crippen LogP contribution in [0.5, 0.6) is 11.5 Å². The van der Waals surface area contributed by atoms with Crippen LogP contribution in [-0.4, -0.2) is 39.4 Å². The summed E-state index contributed by atoms with van der Waals surface area (Å²) in [5, 5.41) is 4.08. The van der Waals surface area contributed by atoms with Crippen LogP contribution < -0.4 is 19.8 Å². The lowest BCUT2D eigenvalue weighted by Crippen LogP contribution is -2.19. The molecule has 0 saturated carbocycles. The number of methoxy groups -OCH3 is 2. The first-order chi connectivity index (χ1) is 13.1. The smallest absolute Gasteiger partial charge is 0.271 e. The van der Waals surface area contributed by atoms with Gasteiger partial charge in [0.05, 0.1) is 20.4 Å². The van der Waals surface area contributed by atoms with Gasteiger partial charge in [0.1, 0.15) is 0 Å². The van der Waals surface area contributed by atoms with Crippen molar-refractivity contribution >= 4 is 17.8 Å². The Balaban J connectivity index is 1.64. The van der Waals surface area contributed by atoms with E-state index < -0.39 is 0 Å². The van der Waals surface area contributed by atoms with Crippen molar-refractivity contribution in [2.75, 3.05) is 32.2 Å². The van der Waals surface area contributed by atoms with Gasteiger partial charge in [-0.3, -0.25) is 4.79 Å². The highest BCUT2D eigenvalue weighted by molar-refractivity contribution is 5.95. The fourth-order valence-corrected chi connectivity index (χ4v) is 3.16. The number of rotatable bonds is 6. The molecule has 0 atom stereocenters. The van der Waals surface area contributed by atoms with Crippen LogP contribution in [0.3, 0.4) is 0 Å². The molecule has 1 heterocycles. The summed E-state index contributed by atoms with van der Waals surface area (Å²) < 4.78 is 10.6. The summed E-state index contributed by atoms with van der Waals surface area (Å²) in [6.07, 6.45) is 4.06. The SMILES string of the molecule is COc1cc(C)c(/C=N\NC(=O)c2ccc(N3CCCC3)cc2)cc1OC. The van der Waals surface area contributed by atoms with Crippen molar-refractivity contribution < 1.29 is 14.3 Å². The van der Waals surface area contributed by atoms with Crippen LogP contribution in [-0.2, 0) is 0 Å². The van der Waals surface area contributed by atoms with Crippen molar-refractivity contribution in [1.82, 2.24) is 5.43 Å². The predicted octanol–water partition coefficient (Wildman–Crippen LogP) is 3.38. The predicted molar refractivity (Wildman–Crippen MR) is 107 cm³/mol. The monoisotopic (exact) mass is 367 g/mol. The molecule has 1 aliphatic rings. The average molecular weight is 367 g/mol. The normalized spacial score (nSPS) is 13.8. The van der Waals surface area contributed by atoms with Crippen molar-refractivity contribution in [2.24, 2.45) is 5.10 Å². The molecular formula is C21H25N3O3. The summed E-state index contributed by atoms with van der Waals surface area (Å²) in [5.41, 5.74) is 6.14. The second kappa shape index (κ2) is 8.58. The molecule has 1 fully saturated rings. The van der Waals surface area contributed by atoms with Gasteiger partial charge in [-0.05, 0) is 61.7 Å². The molecule has 6 heteroatoms. The van der Waals surface area contributed by atoms with Crippen LogP contribution in [0.2, 0.25) is 0 Å². The maximum atomic E-state index is 12.3. The van der Waals surface area contributed by atoms with Gasteiger partial charge >= 0.3 is 0 Å². The molecule has 0 spiro atoms. The van der Waals surface area contributed by atoms with E-state index in [1.54, 1.807) is 20.4 Å². The Morgan fingerprint density at radius 1 is 1.07 bits per heavy atom. The summed E-state index contributed by atoms with van der Waals surface area (Å²) in [4.78, 5) is 14.6. The number of carbonyl (C=O) groups is 1. The number of ether oxygens (including phenoxy) is 2. The zero-order valence-electron chi connectivity index (χ0n) is 16.0. The van der Waals surface area contributed by atoms with E-state index in [9.17, 15) is 4.79 Å². The average Bonchev–Trinajstić information content (AvgIpc) is 3.23. The maximum Gasteiger partial charge on any atom is 0.271 e. The third-order valence-electron chi connectivity index (χ3n) is 4.74. The Labute approximate surface area is 159 Å². The first kappa shape index (κ1) is 18.8. The van der Waals surface area contributed by atoms with Gasteiger partial charge in [-0.2, -0.15) is 5.10 Å². The molecular weight excluding hydrogens is 342 g/mol. The highest BCUT2D eigenvalue weighted by Crippen LogP contribution is 2.29. The Bertz CT molecular complexity index is 825. The lowest BCUT2D eigenvalue weighted by atomic mass is 10.1. The van der Waals surface area contributed by atoms with E-state index in [0.717, 1.165) is 29.9 Å². The molecule has 0 aromatic heterocycles. The van der Waals surface area contributed by atoms with E-state index in [0.29, 0.717) is 17.1 Å². The summed E-state index contributed by atoms with van der Waals surface area (Å²) in [7, 11) is 3.18. The number of hydrazone groups is 1. The quantitative estimate of drug-likeness (QED) is 0.628. The Morgan fingerprint density at radius 3 is 2.33 bits per heavy atom. The number of nitrogens with zero attached hydrogens (tertiary/aromatic N) is 2. The summed E-state index contributed by atoms with van der Waals surface area (Å²) in [6.45, 7) is 4.11. The minimum absolute atomic E-state index is 0.239. The van der Waals surface area contributed by atoms with Gasteiger partial charge in [-0.15, -0.1) is 0 Å². The minimum atomic E-state index is -0.239. The minimum Gasteiger partial charge on any atom is -0.493 e. The van der Waals surface area contributed by atoms with E-state index in [-0.39, 0.29) is 5.91 Å². The molecule has 1 saturated heterocycles. The number of hydrogen-bond donors (Lipinski definition) is 1. The van der Waals surface area contributed by atoms with Crippen LogP contribution in [0.4, 0.5) is 5.69 Å². The van der Waals surface area contributed by atoms with Crippen molar-refractivity contribution in [1.29, 1.82) is 0 Å². The number of carbonyl (C=O) groups excluding carboxylic acids is 1. The highest BCUT2D eigenvalue weighted by atomic mass is 16.5. The van der Waals surface area contributed by atoms with Crippen molar-refractivity contribution in [3.8, 4) is 11.5 Å². The van der Waals surface area contributed by atoms with Crippen molar-refractivity contribution in [3.05, 3.63) is 53.1 Å². The lowest BCUT2D eigenvalue weighted by Gasteiger charge is -2.17. The Hall–Kier alpha value is -3.02. The third-order valence-corrected chi connectivity index (χ3v) is 4.74. The zero-order chi connectivity index (χ0) is 19.2. The number of nitrogens with one attached hydrogen (secondary N) is 1. The fraction of sp³-hybridized carbons (Fsp3) is 0.333. The largest absolute Gasteiger partial charge is 0.493 e. The Kier molecular flexibility index (Phi) is 5.96. The van der Waals surface area contributed by atoms with Gasteiger partial charge < -0.3 is 14.4 Å². The third kappa shape index (κ3) is 4.39. The van der Waals surface area contributed by atoms with Crippen LogP contribution in [0.1, 0.15) is 34.3 Å². The number of aryl methyl sites for hydroxylation is 1. The second-order valence-corrected chi connectivity index (χ2v) is 6.50. The van der Waals surface area contributed by atoms with E-state index in [2.05, 4.69) is 15.4 Å². The molecule has 1 N–H and O–H groups in total. The molecule has 142 valence electrons. The maximum absolute atomic E-state index is 12.3. The fourth-order valence-electron chi connectivity index (χ4n) is 3.16. The second-order valence-electron chi connectivity index (χ2n) is 6.50. The van der Waals surface area contributed by atoms with E-state index in [4.69, 9.17) is 9.47 Å². The van der Waals surface area contributed by atoms with Crippen LogP contribution in [0.15, 0.2) is 41.5 Å². The van der Waals surface area contributed by atoms with Crippen molar-refractivity contribution in [3.63, 3.8) is 0 Å². The molecule has 1 amide bonds. The van der Waals surface area contributed by atoms with E-state index in [1.165, 1.54) is 12.8 Å². The molecule has 27 heavy (non-hydrogen) atoms. The van der Waals surface area contributed by atoms with Crippen LogP contribution >= 0.6 is 0 Å². The summed E-state index contributed by atoms with van der Waals surface area (Å²) in [6, 6.07) is 11.3. The number of hydrogen-bond acceptors (Lipinski definition) is 5. The van der Waals surface area contributed by atoms with Gasteiger partial charge in [0.15, 0.2) is 11.5 Å². The summed E-state index contributed by atoms with van der Waals surface area (Å²) >= 11 is 0. The van der Waals surface area contributed by atoms with Gasteiger partial charge in [0, 0.05) is 29.9 Å². The number of anilines is 1. The topological polar surface area (TPSA) is 63.2 Å². The number of benzene rings is 2. The van der Waals surface area contributed by atoms with Gasteiger partial charge in [0.25, 0.3) is 5.91 Å². The van der Waals surface area contributed by atoms with Gasteiger partial charge in [-0.1, -0.05) is 0 Å². The molecule has 3 rings (SSSR count). The van der Waals surface area contributed by atoms with Crippen LogP contribution in [0.25, 0.3) is 0 Å². The molecule has 6 nitrogen and oxygen atoms in total. The van der Waals surface area contributed by atoms with Gasteiger partial charge in [-0.25, -0.2) is 5.43 Å². The molecule has 0 unspecified atom stereocenters. The lowest BCUT2D eigenvalue weighted by molar-refractivity contribution is 0.0955. The summed E-state index contributed by atoms with van der Waals surface area (Å²) in [5.74, 6) is 1.04. The standard InChI is InChI=1S/C21H25N3O3/c1-15-12-19(26-2)20(27-3)13-17(15)14-22-23-21(25)16-6-8-18(9-7-16)24-10-4-5-11-24/h6-9,12-14H,4-5,10-11H2,1-3H3,(H,23,25)/b22-14-. The molecule has 2 aromatic carbocycles. The Morgan fingerprint density at radius 2 is 1.70 bits per heavy atom. The van der Waals surface area contributed by atoms with E-state index >= 15 is 0 Å². The molecule has 2 aromatic rings. The van der Waals surface area contributed by atoms with Crippen LogP contribution in [0, 0.1) is 6.92 Å². The number of amides is 1. The van der Waals surface area contributed by atoms with Gasteiger partial charge in [0.2, 0.25) is 0 Å². The molecule has 0 bridgehead atoms.